The van der Waals surface area contributed by atoms with Crippen LogP contribution in [0.25, 0.3) is 0 Å². The Bertz CT molecular complexity index is 678. The molecule has 1 aromatic rings. The Labute approximate surface area is 193 Å². The summed E-state index contributed by atoms with van der Waals surface area (Å²) in [5.41, 5.74) is 2.99. The van der Waals surface area contributed by atoms with Crippen LogP contribution in [0.2, 0.25) is 0 Å². The number of methoxy groups -OCH3 is 4. The smallest absolute Gasteiger partial charge is 0.207 e. The number of halogens is 1. The summed E-state index contributed by atoms with van der Waals surface area (Å²) in [5.74, 6) is 1.98. The predicted molar refractivity (Wildman–Crippen MR) is 122 cm³/mol. The molecule has 0 amide bonds. The molecule has 8 nitrogen and oxygen atoms in total. The quantitative estimate of drug-likeness (QED) is 0.136. The van der Waals surface area contributed by atoms with Gasteiger partial charge in [-0.3, -0.25) is 0 Å². The average Bonchev–Trinajstić information content (AvgIpc) is 2.78. The van der Waals surface area contributed by atoms with Crippen molar-refractivity contribution in [2.24, 2.45) is 0 Å². The molecule has 0 radical (unpaired) electrons. The molecule has 0 aliphatic rings. The first-order chi connectivity index (χ1) is 15.0. The number of ether oxygens (including phenoxy) is 8. The fraction of sp³-hybridized carbons (Fsp3) is 0.636. The zero-order valence-electron chi connectivity index (χ0n) is 19.4. The summed E-state index contributed by atoms with van der Waals surface area (Å²) in [6.07, 6.45) is 2.75. The molecule has 178 valence electrons. The number of benzene rings is 1. The van der Waals surface area contributed by atoms with E-state index in [0.717, 1.165) is 16.5 Å². The minimum Gasteiger partial charge on any atom is -0.490 e. The third kappa shape index (κ3) is 8.86. The van der Waals surface area contributed by atoms with Crippen LogP contribution in [0.15, 0.2) is 11.6 Å². The summed E-state index contributed by atoms with van der Waals surface area (Å²) in [4.78, 5) is 0. The molecule has 31 heavy (non-hydrogen) atoms. The van der Waals surface area contributed by atoms with Crippen LogP contribution in [0.4, 0.5) is 0 Å². The van der Waals surface area contributed by atoms with Gasteiger partial charge in [0.1, 0.15) is 0 Å². The van der Waals surface area contributed by atoms with Gasteiger partial charge in [0.2, 0.25) is 11.5 Å². The fourth-order valence-corrected chi connectivity index (χ4v) is 2.93. The maximum Gasteiger partial charge on any atom is 0.207 e. The number of hydrogen-bond donors (Lipinski definition) is 0. The van der Waals surface area contributed by atoms with E-state index in [9.17, 15) is 0 Å². The van der Waals surface area contributed by atoms with Crippen molar-refractivity contribution < 1.29 is 37.9 Å². The molecule has 0 saturated carbocycles. The standard InChI is InChI=1S/C22H35BrO8/c1-16(13-23)7-8-18-17(2)19(30-14-28-11-9-24-3)21(26-5)22(27-6)20(18)31-15-29-12-10-25-4/h7H,8-15H2,1-6H3. The van der Waals surface area contributed by atoms with Crippen LogP contribution in [0.3, 0.4) is 0 Å². The summed E-state index contributed by atoms with van der Waals surface area (Å²) in [7, 11) is 6.36. The van der Waals surface area contributed by atoms with Crippen molar-refractivity contribution in [3.63, 3.8) is 0 Å². The average molecular weight is 507 g/mol. The highest BCUT2D eigenvalue weighted by atomic mass is 79.9. The van der Waals surface area contributed by atoms with Crippen molar-refractivity contribution in [2.75, 3.05) is 73.8 Å². The van der Waals surface area contributed by atoms with E-state index in [1.807, 2.05) is 6.92 Å². The van der Waals surface area contributed by atoms with E-state index in [2.05, 4.69) is 28.9 Å². The van der Waals surface area contributed by atoms with Crippen molar-refractivity contribution in [2.45, 2.75) is 20.3 Å². The molecule has 0 aliphatic carbocycles. The van der Waals surface area contributed by atoms with E-state index < -0.39 is 0 Å². The Morgan fingerprint density at radius 1 is 0.774 bits per heavy atom. The van der Waals surface area contributed by atoms with Gasteiger partial charge in [-0.2, -0.15) is 0 Å². The van der Waals surface area contributed by atoms with Gasteiger partial charge < -0.3 is 37.9 Å². The largest absolute Gasteiger partial charge is 0.490 e. The molecule has 1 rings (SSSR count). The molecule has 0 fully saturated rings. The Morgan fingerprint density at radius 2 is 1.29 bits per heavy atom. The van der Waals surface area contributed by atoms with Crippen molar-refractivity contribution in [3.05, 3.63) is 22.8 Å². The van der Waals surface area contributed by atoms with Crippen LogP contribution in [-0.4, -0.2) is 73.8 Å². The van der Waals surface area contributed by atoms with Gasteiger partial charge in [0.25, 0.3) is 0 Å². The van der Waals surface area contributed by atoms with E-state index in [4.69, 9.17) is 37.9 Å². The molecule has 0 aromatic heterocycles. The van der Waals surface area contributed by atoms with Crippen LogP contribution < -0.4 is 18.9 Å². The summed E-state index contributed by atoms with van der Waals surface area (Å²) in [6, 6.07) is 0. The van der Waals surface area contributed by atoms with E-state index in [1.165, 1.54) is 5.57 Å². The summed E-state index contributed by atoms with van der Waals surface area (Å²) in [6.45, 7) is 5.94. The van der Waals surface area contributed by atoms with E-state index in [1.54, 1.807) is 28.4 Å². The second kappa shape index (κ2) is 16.2. The Morgan fingerprint density at radius 3 is 1.77 bits per heavy atom. The zero-order valence-corrected chi connectivity index (χ0v) is 21.0. The molecular weight excluding hydrogens is 472 g/mol. The third-order valence-corrected chi connectivity index (χ3v) is 5.28. The first-order valence-electron chi connectivity index (χ1n) is 9.93. The van der Waals surface area contributed by atoms with Crippen molar-refractivity contribution in [1.29, 1.82) is 0 Å². The van der Waals surface area contributed by atoms with Gasteiger partial charge in [-0.1, -0.05) is 27.6 Å². The number of hydrogen-bond acceptors (Lipinski definition) is 8. The van der Waals surface area contributed by atoms with Gasteiger partial charge in [0, 0.05) is 30.7 Å². The maximum atomic E-state index is 5.98. The number of alkyl halides is 1. The molecule has 9 heteroatoms. The van der Waals surface area contributed by atoms with Crippen LogP contribution in [0.1, 0.15) is 18.1 Å². The van der Waals surface area contributed by atoms with Crippen molar-refractivity contribution in [3.8, 4) is 23.0 Å². The van der Waals surface area contributed by atoms with Crippen molar-refractivity contribution in [1.82, 2.24) is 0 Å². The summed E-state index contributed by atoms with van der Waals surface area (Å²) in [5, 5.41) is 0.784. The summed E-state index contributed by atoms with van der Waals surface area (Å²) < 4.78 is 44.1. The van der Waals surface area contributed by atoms with Gasteiger partial charge in [-0.25, -0.2) is 0 Å². The second-order valence-corrected chi connectivity index (χ2v) is 7.10. The highest BCUT2D eigenvalue weighted by Crippen LogP contribution is 2.49. The summed E-state index contributed by atoms with van der Waals surface area (Å²) >= 11 is 3.48. The molecular formula is C22H35BrO8. The lowest BCUT2D eigenvalue weighted by atomic mass is 10.0. The lowest BCUT2D eigenvalue weighted by Gasteiger charge is -2.23. The topological polar surface area (TPSA) is 73.8 Å². The van der Waals surface area contributed by atoms with E-state index >= 15 is 0 Å². The Hall–Kier alpha value is -1.52. The molecule has 0 bridgehead atoms. The minimum atomic E-state index is 0.0524. The van der Waals surface area contributed by atoms with Crippen LogP contribution in [0.5, 0.6) is 23.0 Å². The number of allylic oxidation sites excluding steroid dienone is 2. The van der Waals surface area contributed by atoms with Gasteiger partial charge in [0.15, 0.2) is 25.1 Å². The first kappa shape index (κ1) is 27.5. The third-order valence-electron chi connectivity index (χ3n) is 4.40. The molecule has 0 atom stereocenters. The monoisotopic (exact) mass is 506 g/mol. The molecule has 0 heterocycles. The lowest BCUT2D eigenvalue weighted by molar-refractivity contribution is -0.0124. The minimum absolute atomic E-state index is 0.0524. The molecule has 0 unspecified atom stereocenters. The molecule has 0 saturated heterocycles. The lowest BCUT2D eigenvalue weighted by Crippen LogP contribution is -2.13. The highest BCUT2D eigenvalue weighted by molar-refractivity contribution is 9.09. The number of rotatable bonds is 17. The first-order valence-corrected chi connectivity index (χ1v) is 11.1. The molecule has 1 aromatic carbocycles. The molecule has 0 spiro atoms. The van der Waals surface area contributed by atoms with Crippen LogP contribution >= 0.6 is 15.9 Å². The van der Waals surface area contributed by atoms with Crippen LogP contribution in [-0.2, 0) is 25.4 Å². The van der Waals surface area contributed by atoms with E-state index in [0.29, 0.717) is 55.8 Å². The van der Waals surface area contributed by atoms with E-state index in [-0.39, 0.29) is 13.6 Å². The van der Waals surface area contributed by atoms with Crippen molar-refractivity contribution >= 4 is 15.9 Å². The molecule has 0 aliphatic heterocycles. The normalized spacial score (nSPS) is 11.5. The van der Waals surface area contributed by atoms with Gasteiger partial charge in [-0.15, -0.1) is 0 Å². The maximum absolute atomic E-state index is 5.98. The predicted octanol–water partition coefficient (Wildman–Crippen LogP) is 3.89. The Kier molecular flexibility index (Phi) is 14.3. The SMILES string of the molecule is COCCOCOc1c(C)c(CC=C(C)CBr)c(OCOCCOC)c(OC)c1OC. The Balaban J connectivity index is 3.28. The second-order valence-electron chi connectivity index (χ2n) is 6.54. The fourth-order valence-electron chi connectivity index (χ4n) is 2.70. The van der Waals surface area contributed by atoms with Gasteiger partial charge in [-0.05, 0) is 20.3 Å². The van der Waals surface area contributed by atoms with Gasteiger partial charge in [0.05, 0.1) is 40.6 Å². The highest BCUT2D eigenvalue weighted by Gasteiger charge is 2.26. The zero-order chi connectivity index (χ0) is 23.1. The van der Waals surface area contributed by atoms with Crippen LogP contribution in [0, 0.1) is 6.92 Å². The van der Waals surface area contributed by atoms with Gasteiger partial charge >= 0.3 is 0 Å². The molecule has 0 N–H and O–H groups in total.